The van der Waals surface area contributed by atoms with E-state index >= 15 is 0 Å². The molecule has 32 heavy (non-hydrogen) atoms. The largest absolute Gasteiger partial charge is 0.444 e. The highest BCUT2D eigenvalue weighted by molar-refractivity contribution is 6.05. The molecule has 4 heterocycles. The van der Waals surface area contributed by atoms with Crippen LogP contribution in [0.15, 0.2) is 18.2 Å². The predicted molar refractivity (Wildman–Crippen MR) is 115 cm³/mol. The van der Waals surface area contributed by atoms with E-state index < -0.39 is 17.6 Å². The summed E-state index contributed by atoms with van der Waals surface area (Å²) in [5.74, 6) is -0.844. The third kappa shape index (κ3) is 3.49. The fourth-order valence-electron chi connectivity index (χ4n) is 5.10. The molecule has 1 atom stereocenters. The van der Waals surface area contributed by atoms with Crippen LogP contribution in [0.2, 0.25) is 0 Å². The van der Waals surface area contributed by atoms with E-state index in [1.165, 1.54) is 0 Å². The fourth-order valence-corrected chi connectivity index (χ4v) is 5.10. The van der Waals surface area contributed by atoms with Gasteiger partial charge in [-0.15, -0.1) is 0 Å². The van der Waals surface area contributed by atoms with Crippen molar-refractivity contribution in [1.29, 1.82) is 0 Å². The monoisotopic (exact) mass is 440 g/mol. The van der Waals surface area contributed by atoms with Crippen LogP contribution in [0.25, 0.3) is 0 Å². The fraction of sp³-hybridized carbons (Fsp3) is 0.565. The number of hydrogen-bond donors (Lipinski definition) is 1. The second kappa shape index (κ2) is 6.95. The number of piperidine rings is 1. The van der Waals surface area contributed by atoms with Crippen LogP contribution in [0.1, 0.15) is 49.5 Å². The Morgan fingerprint density at radius 2 is 1.84 bits per heavy atom. The van der Waals surface area contributed by atoms with Gasteiger partial charge in [0, 0.05) is 55.8 Å². The van der Waals surface area contributed by atoms with E-state index in [2.05, 4.69) is 10.2 Å². The van der Waals surface area contributed by atoms with Crippen LogP contribution >= 0.6 is 0 Å². The summed E-state index contributed by atoms with van der Waals surface area (Å²) in [5, 5.41) is 2.33. The van der Waals surface area contributed by atoms with Crippen LogP contribution in [0.3, 0.4) is 0 Å². The Balaban J connectivity index is 1.20. The van der Waals surface area contributed by atoms with Crippen molar-refractivity contribution in [3.05, 3.63) is 29.3 Å². The van der Waals surface area contributed by atoms with Gasteiger partial charge in [0.25, 0.3) is 5.91 Å². The SMILES string of the molecule is CC(C)(C)OC(=O)N1CC2(C1)CN(c1ccc3c(c1)C(=O)N(C1CCC(=O)NC1=O)C3)C2. The van der Waals surface area contributed by atoms with Gasteiger partial charge in [-0.05, 0) is 44.9 Å². The summed E-state index contributed by atoms with van der Waals surface area (Å²) in [6.45, 7) is 9.00. The Kier molecular flexibility index (Phi) is 4.51. The molecule has 170 valence electrons. The molecule has 4 aliphatic heterocycles. The quantitative estimate of drug-likeness (QED) is 0.700. The van der Waals surface area contributed by atoms with E-state index in [0.717, 1.165) is 24.3 Å². The average molecular weight is 441 g/mol. The number of nitrogens with zero attached hydrogens (tertiary/aromatic N) is 3. The first-order valence-corrected chi connectivity index (χ1v) is 11.0. The molecule has 1 aromatic rings. The van der Waals surface area contributed by atoms with Crippen molar-refractivity contribution < 1.29 is 23.9 Å². The van der Waals surface area contributed by atoms with E-state index in [0.29, 0.717) is 31.6 Å². The normalized spacial score (nSPS) is 24.2. The summed E-state index contributed by atoms with van der Waals surface area (Å²) in [5.41, 5.74) is 2.10. The van der Waals surface area contributed by atoms with Gasteiger partial charge in [0.1, 0.15) is 11.6 Å². The van der Waals surface area contributed by atoms with Crippen molar-refractivity contribution in [1.82, 2.24) is 15.1 Å². The number of amides is 4. The Morgan fingerprint density at radius 3 is 2.50 bits per heavy atom. The summed E-state index contributed by atoms with van der Waals surface area (Å²) >= 11 is 0. The number of carbonyl (C=O) groups excluding carboxylic acids is 4. The van der Waals surface area contributed by atoms with Gasteiger partial charge in [-0.25, -0.2) is 4.79 Å². The average Bonchev–Trinajstić information content (AvgIpc) is 2.94. The lowest BCUT2D eigenvalue weighted by Gasteiger charge is -2.60. The van der Waals surface area contributed by atoms with Crippen molar-refractivity contribution in [3.63, 3.8) is 0 Å². The molecule has 0 radical (unpaired) electrons. The van der Waals surface area contributed by atoms with Gasteiger partial charge in [-0.2, -0.15) is 0 Å². The second-order valence-corrected chi connectivity index (χ2v) is 10.4. The van der Waals surface area contributed by atoms with E-state index in [-0.39, 0.29) is 29.7 Å². The number of anilines is 1. The number of hydrogen-bond acceptors (Lipinski definition) is 6. The molecule has 0 bridgehead atoms. The summed E-state index contributed by atoms with van der Waals surface area (Å²) in [4.78, 5) is 54.4. The molecule has 0 aromatic heterocycles. The van der Waals surface area contributed by atoms with Gasteiger partial charge in [-0.1, -0.05) is 6.07 Å². The van der Waals surface area contributed by atoms with E-state index in [1.54, 1.807) is 9.80 Å². The maximum absolute atomic E-state index is 13.0. The number of benzene rings is 1. The summed E-state index contributed by atoms with van der Waals surface area (Å²) in [6.07, 6.45) is 0.344. The number of likely N-dealkylation sites (tertiary alicyclic amines) is 1. The molecule has 0 aliphatic carbocycles. The van der Waals surface area contributed by atoms with Gasteiger partial charge < -0.3 is 19.4 Å². The second-order valence-electron chi connectivity index (χ2n) is 10.4. The third-order valence-electron chi connectivity index (χ3n) is 6.63. The minimum Gasteiger partial charge on any atom is -0.444 e. The molecule has 4 aliphatic rings. The smallest absolute Gasteiger partial charge is 0.410 e. The van der Waals surface area contributed by atoms with Crippen LogP contribution in [-0.2, 0) is 20.9 Å². The molecule has 1 aromatic carbocycles. The number of carbonyl (C=O) groups is 4. The van der Waals surface area contributed by atoms with Gasteiger partial charge in [0.15, 0.2) is 0 Å². The summed E-state index contributed by atoms with van der Waals surface area (Å²) in [7, 11) is 0. The first-order chi connectivity index (χ1) is 15.0. The number of nitrogens with one attached hydrogen (secondary N) is 1. The van der Waals surface area contributed by atoms with Crippen LogP contribution in [0, 0.1) is 5.41 Å². The molecule has 9 nitrogen and oxygen atoms in total. The molecule has 1 N–H and O–H groups in total. The first-order valence-electron chi connectivity index (χ1n) is 11.0. The molecule has 3 saturated heterocycles. The lowest BCUT2D eigenvalue weighted by atomic mass is 9.72. The molecule has 9 heteroatoms. The molecule has 1 unspecified atom stereocenters. The molecule has 1 spiro atoms. The molecular weight excluding hydrogens is 412 g/mol. The van der Waals surface area contributed by atoms with Gasteiger partial charge in [-0.3, -0.25) is 19.7 Å². The molecule has 5 rings (SSSR count). The lowest BCUT2D eigenvalue weighted by Crippen LogP contribution is -2.73. The predicted octanol–water partition coefficient (Wildman–Crippen LogP) is 1.50. The van der Waals surface area contributed by atoms with E-state index in [1.807, 2.05) is 39.0 Å². The highest BCUT2D eigenvalue weighted by Crippen LogP contribution is 2.43. The Morgan fingerprint density at radius 1 is 1.12 bits per heavy atom. The van der Waals surface area contributed by atoms with Crippen LogP contribution in [0.5, 0.6) is 0 Å². The highest BCUT2D eigenvalue weighted by Gasteiger charge is 2.54. The third-order valence-corrected chi connectivity index (χ3v) is 6.63. The van der Waals surface area contributed by atoms with Crippen LogP contribution in [-0.4, -0.2) is 71.4 Å². The molecular formula is C23H28N4O5. The Bertz CT molecular complexity index is 1020. The number of ether oxygens (including phenoxy) is 1. The zero-order valence-corrected chi connectivity index (χ0v) is 18.6. The lowest BCUT2D eigenvalue weighted by molar-refractivity contribution is -0.136. The number of fused-ring (bicyclic) bond motifs is 1. The molecule has 0 saturated carbocycles. The van der Waals surface area contributed by atoms with Crippen molar-refractivity contribution in [2.24, 2.45) is 5.41 Å². The van der Waals surface area contributed by atoms with Crippen LogP contribution in [0.4, 0.5) is 10.5 Å². The number of rotatable bonds is 2. The van der Waals surface area contributed by atoms with Gasteiger partial charge in [0.2, 0.25) is 11.8 Å². The van der Waals surface area contributed by atoms with Crippen molar-refractivity contribution >= 4 is 29.5 Å². The van der Waals surface area contributed by atoms with Crippen molar-refractivity contribution in [3.8, 4) is 0 Å². The zero-order chi connectivity index (χ0) is 22.8. The topological polar surface area (TPSA) is 99.3 Å². The number of imide groups is 1. The van der Waals surface area contributed by atoms with E-state index in [9.17, 15) is 19.2 Å². The van der Waals surface area contributed by atoms with Crippen LogP contribution < -0.4 is 10.2 Å². The Hall–Kier alpha value is -3.10. The maximum Gasteiger partial charge on any atom is 0.410 e. The maximum atomic E-state index is 13.0. The summed E-state index contributed by atoms with van der Waals surface area (Å²) < 4.78 is 5.43. The van der Waals surface area contributed by atoms with Crippen molar-refractivity contribution in [2.45, 2.75) is 51.8 Å². The van der Waals surface area contributed by atoms with Crippen molar-refractivity contribution in [2.75, 3.05) is 31.1 Å². The van der Waals surface area contributed by atoms with Gasteiger partial charge in [0.05, 0.1) is 0 Å². The Labute approximate surface area is 186 Å². The molecule has 3 fully saturated rings. The highest BCUT2D eigenvalue weighted by atomic mass is 16.6. The molecule has 4 amide bonds. The summed E-state index contributed by atoms with van der Waals surface area (Å²) in [6, 6.07) is 5.27. The van der Waals surface area contributed by atoms with E-state index in [4.69, 9.17) is 4.74 Å². The minimum atomic E-state index is -0.600. The standard InChI is InChI=1S/C23H28N4O5/c1-22(2,3)32-21(31)26-12-23(13-26)10-25(11-23)15-5-4-14-9-27(20(30)16(14)8-15)17-6-7-18(28)24-19(17)29/h4-5,8,17H,6-7,9-13H2,1-3H3,(H,24,28,29). The van der Waals surface area contributed by atoms with Gasteiger partial charge >= 0.3 is 6.09 Å². The first kappa shape index (κ1) is 20.8. The zero-order valence-electron chi connectivity index (χ0n) is 18.6. The minimum absolute atomic E-state index is 0.0959.